The van der Waals surface area contributed by atoms with Crippen LogP contribution in [0.4, 0.5) is 0 Å². The van der Waals surface area contributed by atoms with Crippen LogP contribution in [0.2, 0.25) is 0 Å². The van der Waals surface area contributed by atoms with E-state index in [4.69, 9.17) is 10.5 Å². The van der Waals surface area contributed by atoms with E-state index in [2.05, 4.69) is 5.32 Å². The SMILES string of the molecule is NC(=O)C1(NCc2cccs2)CCCOC1. The lowest BCUT2D eigenvalue weighted by Crippen LogP contribution is -2.59. The summed E-state index contributed by atoms with van der Waals surface area (Å²) in [6.07, 6.45) is 1.63. The Balaban J connectivity index is 2.00. The molecular weight excluding hydrogens is 224 g/mol. The van der Waals surface area contributed by atoms with Crippen molar-refractivity contribution in [3.05, 3.63) is 22.4 Å². The molecule has 0 bridgehead atoms. The molecular formula is C11H16N2O2S. The Kier molecular flexibility index (Phi) is 3.58. The van der Waals surface area contributed by atoms with E-state index in [-0.39, 0.29) is 5.91 Å². The second kappa shape index (κ2) is 4.95. The molecule has 1 aliphatic rings. The second-order valence-electron chi connectivity index (χ2n) is 4.04. The normalized spacial score (nSPS) is 25.5. The van der Waals surface area contributed by atoms with Gasteiger partial charge in [0.25, 0.3) is 0 Å². The summed E-state index contributed by atoms with van der Waals surface area (Å²) in [7, 11) is 0. The number of nitrogens with two attached hydrogens (primary N) is 1. The molecule has 1 aromatic heterocycles. The van der Waals surface area contributed by atoms with Gasteiger partial charge in [0.1, 0.15) is 5.54 Å². The van der Waals surface area contributed by atoms with Crippen LogP contribution in [-0.4, -0.2) is 24.7 Å². The first-order valence-corrected chi connectivity index (χ1v) is 6.26. The van der Waals surface area contributed by atoms with Gasteiger partial charge in [-0.25, -0.2) is 0 Å². The van der Waals surface area contributed by atoms with Gasteiger partial charge in [0.2, 0.25) is 5.91 Å². The minimum atomic E-state index is -0.678. The number of nitrogens with one attached hydrogen (secondary N) is 1. The van der Waals surface area contributed by atoms with Gasteiger partial charge in [0, 0.05) is 18.0 Å². The molecule has 16 heavy (non-hydrogen) atoms. The van der Waals surface area contributed by atoms with Crippen LogP contribution in [0.1, 0.15) is 17.7 Å². The average molecular weight is 240 g/mol. The summed E-state index contributed by atoms with van der Waals surface area (Å²) in [5.74, 6) is -0.316. The van der Waals surface area contributed by atoms with Crippen molar-refractivity contribution < 1.29 is 9.53 Å². The van der Waals surface area contributed by atoms with Crippen molar-refractivity contribution in [2.45, 2.75) is 24.9 Å². The molecule has 4 nitrogen and oxygen atoms in total. The van der Waals surface area contributed by atoms with E-state index in [1.807, 2.05) is 17.5 Å². The minimum absolute atomic E-state index is 0.316. The second-order valence-corrected chi connectivity index (χ2v) is 5.07. The van der Waals surface area contributed by atoms with Crippen molar-refractivity contribution in [1.29, 1.82) is 0 Å². The molecule has 0 aromatic carbocycles. The van der Waals surface area contributed by atoms with Crippen molar-refractivity contribution >= 4 is 17.2 Å². The third-order valence-corrected chi connectivity index (χ3v) is 3.77. The molecule has 0 spiro atoms. The quantitative estimate of drug-likeness (QED) is 0.821. The summed E-state index contributed by atoms with van der Waals surface area (Å²) in [4.78, 5) is 12.7. The summed E-state index contributed by atoms with van der Waals surface area (Å²) < 4.78 is 5.36. The van der Waals surface area contributed by atoms with Gasteiger partial charge in [-0.1, -0.05) is 6.07 Å². The maximum Gasteiger partial charge on any atom is 0.240 e. The lowest BCUT2D eigenvalue weighted by Gasteiger charge is -2.34. The van der Waals surface area contributed by atoms with Crippen LogP contribution in [0.5, 0.6) is 0 Å². The maximum absolute atomic E-state index is 11.5. The Morgan fingerprint density at radius 1 is 1.69 bits per heavy atom. The van der Waals surface area contributed by atoms with E-state index in [0.29, 0.717) is 13.2 Å². The molecule has 3 N–H and O–H groups in total. The molecule has 1 atom stereocenters. The van der Waals surface area contributed by atoms with Crippen molar-refractivity contribution in [3.63, 3.8) is 0 Å². The first-order chi connectivity index (χ1) is 7.73. The number of amides is 1. The van der Waals surface area contributed by atoms with Gasteiger partial charge in [0.05, 0.1) is 6.61 Å². The molecule has 0 aliphatic carbocycles. The highest BCUT2D eigenvalue weighted by Crippen LogP contribution is 2.20. The van der Waals surface area contributed by atoms with E-state index < -0.39 is 5.54 Å². The fourth-order valence-corrected chi connectivity index (χ4v) is 2.53. The molecule has 2 heterocycles. The standard InChI is InChI=1S/C11H16N2O2S/c12-10(14)11(4-2-5-15-8-11)13-7-9-3-1-6-16-9/h1,3,6,13H,2,4-5,7-8H2,(H2,12,14). The van der Waals surface area contributed by atoms with Crippen LogP contribution < -0.4 is 11.1 Å². The Bertz CT molecular complexity index is 345. The summed E-state index contributed by atoms with van der Waals surface area (Å²) in [5.41, 5.74) is 4.79. The zero-order valence-electron chi connectivity index (χ0n) is 9.07. The summed E-state index contributed by atoms with van der Waals surface area (Å²) >= 11 is 1.67. The summed E-state index contributed by atoms with van der Waals surface area (Å²) in [6, 6.07) is 4.03. The lowest BCUT2D eigenvalue weighted by molar-refractivity contribution is -0.130. The Hall–Kier alpha value is -0.910. The topological polar surface area (TPSA) is 64.4 Å². The van der Waals surface area contributed by atoms with Crippen LogP contribution in [0, 0.1) is 0 Å². The number of hydrogen-bond acceptors (Lipinski definition) is 4. The fourth-order valence-electron chi connectivity index (χ4n) is 1.88. The largest absolute Gasteiger partial charge is 0.379 e. The van der Waals surface area contributed by atoms with Crippen LogP contribution >= 0.6 is 11.3 Å². The van der Waals surface area contributed by atoms with Gasteiger partial charge < -0.3 is 10.5 Å². The van der Waals surface area contributed by atoms with E-state index in [0.717, 1.165) is 19.4 Å². The van der Waals surface area contributed by atoms with Crippen molar-refractivity contribution in [1.82, 2.24) is 5.32 Å². The fraction of sp³-hybridized carbons (Fsp3) is 0.545. The summed E-state index contributed by atoms with van der Waals surface area (Å²) in [6.45, 7) is 1.77. The van der Waals surface area contributed by atoms with Gasteiger partial charge in [-0.15, -0.1) is 11.3 Å². The van der Waals surface area contributed by atoms with Gasteiger partial charge in [-0.3, -0.25) is 10.1 Å². The van der Waals surface area contributed by atoms with E-state index in [9.17, 15) is 4.79 Å². The maximum atomic E-state index is 11.5. The minimum Gasteiger partial charge on any atom is -0.379 e. The zero-order chi connectivity index (χ0) is 11.4. The number of thiophene rings is 1. The number of rotatable bonds is 4. The molecule has 2 rings (SSSR count). The molecule has 1 fully saturated rings. The highest BCUT2D eigenvalue weighted by Gasteiger charge is 2.38. The third kappa shape index (κ3) is 2.42. The van der Waals surface area contributed by atoms with Crippen molar-refractivity contribution in [3.8, 4) is 0 Å². The van der Waals surface area contributed by atoms with Gasteiger partial charge >= 0.3 is 0 Å². The Morgan fingerprint density at radius 3 is 3.12 bits per heavy atom. The van der Waals surface area contributed by atoms with Crippen molar-refractivity contribution in [2.75, 3.05) is 13.2 Å². The third-order valence-electron chi connectivity index (χ3n) is 2.89. The first-order valence-electron chi connectivity index (χ1n) is 5.38. The van der Waals surface area contributed by atoms with Gasteiger partial charge in [-0.05, 0) is 24.3 Å². The van der Waals surface area contributed by atoms with Crippen LogP contribution in [-0.2, 0) is 16.1 Å². The van der Waals surface area contributed by atoms with Crippen LogP contribution in [0.25, 0.3) is 0 Å². The number of hydrogen-bond donors (Lipinski definition) is 2. The van der Waals surface area contributed by atoms with E-state index >= 15 is 0 Å². The number of primary amides is 1. The van der Waals surface area contributed by atoms with Crippen LogP contribution in [0.3, 0.4) is 0 Å². The molecule has 1 unspecified atom stereocenters. The number of carbonyl (C=O) groups is 1. The lowest BCUT2D eigenvalue weighted by atomic mass is 9.91. The molecule has 5 heteroatoms. The smallest absolute Gasteiger partial charge is 0.240 e. The zero-order valence-corrected chi connectivity index (χ0v) is 9.89. The Morgan fingerprint density at radius 2 is 2.56 bits per heavy atom. The molecule has 1 amide bonds. The van der Waals surface area contributed by atoms with E-state index in [1.54, 1.807) is 11.3 Å². The number of ether oxygens (including phenoxy) is 1. The van der Waals surface area contributed by atoms with Gasteiger partial charge in [-0.2, -0.15) is 0 Å². The van der Waals surface area contributed by atoms with Crippen LogP contribution in [0.15, 0.2) is 17.5 Å². The van der Waals surface area contributed by atoms with Crippen molar-refractivity contribution in [2.24, 2.45) is 5.73 Å². The van der Waals surface area contributed by atoms with Gasteiger partial charge in [0.15, 0.2) is 0 Å². The first kappa shape index (κ1) is 11.6. The predicted molar refractivity (Wildman–Crippen MR) is 63.1 cm³/mol. The molecule has 88 valence electrons. The molecule has 1 aliphatic heterocycles. The molecule has 1 aromatic rings. The average Bonchev–Trinajstić information content (AvgIpc) is 2.80. The Labute approximate surface area is 98.8 Å². The molecule has 1 saturated heterocycles. The molecule has 0 saturated carbocycles. The monoisotopic (exact) mass is 240 g/mol. The van der Waals surface area contributed by atoms with E-state index in [1.165, 1.54) is 4.88 Å². The highest BCUT2D eigenvalue weighted by molar-refractivity contribution is 7.09. The highest BCUT2D eigenvalue weighted by atomic mass is 32.1. The summed E-state index contributed by atoms with van der Waals surface area (Å²) in [5, 5.41) is 5.27. The number of carbonyl (C=O) groups excluding carboxylic acids is 1. The predicted octanol–water partition coefficient (Wildman–Crippen LogP) is 0.872. The molecule has 0 radical (unpaired) electrons.